The highest BCUT2D eigenvalue weighted by Crippen LogP contribution is 2.32. The molecular weight excluding hydrogens is 392 g/mol. The van der Waals surface area contributed by atoms with E-state index < -0.39 is 5.91 Å². The molecule has 5 nitrogen and oxygen atoms in total. The summed E-state index contributed by atoms with van der Waals surface area (Å²) in [5.41, 5.74) is 0.839. The smallest absolute Gasteiger partial charge is 0.294 e. The van der Waals surface area contributed by atoms with Gasteiger partial charge in [-0.25, -0.2) is 0 Å². The summed E-state index contributed by atoms with van der Waals surface area (Å²) in [5.74, 6) is -0.542. The van der Waals surface area contributed by atoms with E-state index in [-0.39, 0.29) is 17.7 Å². The molecule has 0 aliphatic carbocycles. The third kappa shape index (κ3) is 3.89. The summed E-state index contributed by atoms with van der Waals surface area (Å²) in [6.45, 7) is 1.26. The number of hydrogen-bond acceptors (Lipinski definition) is 4. The lowest BCUT2D eigenvalue weighted by molar-refractivity contribution is -0.136. The molecule has 0 unspecified atom stereocenters. The molecule has 1 aromatic rings. The van der Waals surface area contributed by atoms with Crippen molar-refractivity contribution in [1.29, 1.82) is 0 Å². The van der Waals surface area contributed by atoms with Gasteiger partial charge in [-0.05, 0) is 54.8 Å². The topological polar surface area (TPSA) is 57.7 Å². The van der Waals surface area contributed by atoms with Crippen LogP contribution >= 0.6 is 27.7 Å². The van der Waals surface area contributed by atoms with Crippen molar-refractivity contribution in [3.8, 4) is 0 Å². The van der Waals surface area contributed by atoms with Crippen LogP contribution in [0.15, 0.2) is 33.6 Å². The van der Waals surface area contributed by atoms with Crippen molar-refractivity contribution in [3.63, 3.8) is 0 Å². The van der Waals surface area contributed by atoms with Gasteiger partial charge >= 0.3 is 0 Å². The van der Waals surface area contributed by atoms with Crippen molar-refractivity contribution in [3.05, 3.63) is 39.2 Å². The predicted molar refractivity (Wildman–Crippen MR) is 97.3 cm³/mol. The van der Waals surface area contributed by atoms with Crippen molar-refractivity contribution < 1.29 is 14.4 Å². The minimum Gasteiger partial charge on any atom is -0.341 e. The maximum absolute atomic E-state index is 12.4. The number of amides is 3. The van der Waals surface area contributed by atoms with E-state index in [1.165, 1.54) is 0 Å². The zero-order valence-electron chi connectivity index (χ0n) is 13.0. The van der Waals surface area contributed by atoms with Gasteiger partial charge in [0, 0.05) is 17.6 Å². The van der Waals surface area contributed by atoms with Gasteiger partial charge in [-0.2, -0.15) is 0 Å². The summed E-state index contributed by atoms with van der Waals surface area (Å²) in [4.78, 5) is 40.0. The molecule has 7 heteroatoms. The van der Waals surface area contributed by atoms with Crippen LogP contribution in [0.1, 0.15) is 24.8 Å². The van der Waals surface area contributed by atoms with E-state index >= 15 is 0 Å². The van der Waals surface area contributed by atoms with E-state index in [0.717, 1.165) is 46.0 Å². The Bertz CT molecular complexity index is 696. The second kappa shape index (κ2) is 7.53. The van der Waals surface area contributed by atoms with E-state index in [1.54, 1.807) is 11.0 Å². The van der Waals surface area contributed by atoms with Crippen LogP contribution in [0.5, 0.6) is 0 Å². The fourth-order valence-corrected chi connectivity index (χ4v) is 3.83. The first-order valence-corrected chi connectivity index (χ1v) is 9.44. The van der Waals surface area contributed by atoms with Gasteiger partial charge in [0.2, 0.25) is 5.91 Å². The van der Waals surface area contributed by atoms with Crippen LogP contribution in [-0.4, -0.2) is 46.5 Å². The number of hydrogen-bond donors (Lipinski definition) is 0. The highest BCUT2D eigenvalue weighted by molar-refractivity contribution is 9.10. The van der Waals surface area contributed by atoms with Gasteiger partial charge in [0.1, 0.15) is 6.54 Å². The van der Waals surface area contributed by atoms with Crippen LogP contribution in [0.2, 0.25) is 0 Å². The molecular formula is C17H17BrN2O3S. The lowest BCUT2D eigenvalue weighted by Gasteiger charge is -2.27. The normalized spacial score (nSPS) is 20.1. The van der Waals surface area contributed by atoms with E-state index in [1.807, 2.05) is 24.3 Å². The van der Waals surface area contributed by atoms with E-state index in [2.05, 4.69) is 15.9 Å². The number of carbonyl (C=O) groups is 3. The fourth-order valence-electron chi connectivity index (χ4n) is 2.73. The standard InChI is InChI=1S/C17H17BrN2O3S/c18-13-6-4-12(5-7-13)10-14-16(22)20(17(23)24-14)11-15(21)19-8-2-1-3-9-19/h4-7,10H,1-3,8-9,11H2/b14-10+. The Hall–Kier alpha value is -1.60. The minimum absolute atomic E-state index is 0.151. The van der Waals surface area contributed by atoms with Crippen molar-refractivity contribution in [2.45, 2.75) is 19.3 Å². The number of likely N-dealkylation sites (tertiary alicyclic amines) is 1. The molecule has 1 aromatic carbocycles. The number of nitrogens with zero attached hydrogens (tertiary/aromatic N) is 2. The number of rotatable bonds is 3. The number of thioether (sulfide) groups is 1. The quantitative estimate of drug-likeness (QED) is 0.718. The molecule has 2 aliphatic heterocycles. The summed E-state index contributed by atoms with van der Waals surface area (Å²) >= 11 is 4.24. The summed E-state index contributed by atoms with van der Waals surface area (Å²) in [6, 6.07) is 7.46. The van der Waals surface area contributed by atoms with Crippen molar-refractivity contribution >= 4 is 50.8 Å². The Kier molecular flexibility index (Phi) is 5.40. The first-order valence-electron chi connectivity index (χ1n) is 7.83. The molecule has 3 rings (SSSR count). The predicted octanol–water partition coefficient (Wildman–Crippen LogP) is 3.50. The number of carbonyl (C=O) groups excluding carboxylic acids is 3. The van der Waals surface area contributed by atoms with Gasteiger partial charge in [0.05, 0.1) is 4.91 Å². The molecule has 0 spiro atoms. The molecule has 0 radical (unpaired) electrons. The van der Waals surface area contributed by atoms with Gasteiger partial charge < -0.3 is 4.90 Å². The second-order valence-corrected chi connectivity index (χ2v) is 7.67. The molecule has 2 heterocycles. The maximum Gasteiger partial charge on any atom is 0.294 e. The lowest BCUT2D eigenvalue weighted by atomic mass is 10.1. The van der Waals surface area contributed by atoms with E-state index in [9.17, 15) is 14.4 Å². The average Bonchev–Trinajstić information content (AvgIpc) is 2.85. The third-order valence-corrected chi connectivity index (χ3v) is 5.48. The van der Waals surface area contributed by atoms with Gasteiger partial charge in [0.15, 0.2) is 0 Å². The van der Waals surface area contributed by atoms with Crippen LogP contribution in [0.25, 0.3) is 6.08 Å². The Morgan fingerprint density at radius 3 is 2.46 bits per heavy atom. The fraction of sp³-hybridized carbons (Fsp3) is 0.353. The number of halogens is 1. The highest BCUT2D eigenvalue weighted by Gasteiger charge is 2.37. The molecule has 24 heavy (non-hydrogen) atoms. The van der Waals surface area contributed by atoms with Crippen LogP contribution < -0.4 is 0 Å². The molecule has 126 valence electrons. The Labute approximate surface area is 153 Å². The van der Waals surface area contributed by atoms with E-state index in [4.69, 9.17) is 0 Å². The summed E-state index contributed by atoms with van der Waals surface area (Å²) in [5, 5.41) is -0.381. The average molecular weight is 409 g/mol. The summed E-state index contributed by atoms with van der Waals surface area (Å²) in [7, 11) is 0. The molecule has 2 fully saturated rings. The monoisotopic (exact) mass is 408 g/mol. The van der Waals surface area contributed by atoms with Crippen LogP contribution in [0, 0.1) is 0 Å². The van der Waals surface area contributed by atoms with Crippen molar-refractivity contribution in [2.24, 2.45) is 0 Å². The molecule has 0 bridgehead atoms. The van der Waals surface area contributed by atoms with Crippen LogP contribution in [0.3, 0.4) is 0 Å². The molecule has 0 atom stereocenters. The Balaban J connectivity index is 1.69. The molecule has 2 aliphatic rings. The van der Waals surface area contributed by atoms with Gasteiger partial charge in [-0.3, -0.25) is 19.3 Å². The Morgan fingerprint density at radius 2 is 1.79 bits per heavy atom. The number of benzene rings is 1. The molecule has 0 N–H and O–H groups in total. The van der Waals surface area contributed by atoms with E-state index in [0.29, 0.717) is 18.0 Å². The lowest BCUT2D eigenvalue weighted by Crippen LogP contribution is -2.44. The second-order valence-electron chi connectivity index (χ2n) is 5.76. The zero-order valence-corrected chi connectivity index (χ0v) is 15.4. The largest absolute Gasteiger partial charge is 0.341 e. The van der Waals surface area contributed by atoms with Crippen molar-refractivity contribution in [1.82, 2.24) is 9.80 Å². The first kappa shape index (κ1) is 17.2. The minimum atomic E-state index is -0.390. The zero-order chi connectivity index (χ0) is 17.1. The maximum atomic E-state index is 12.4. The SMILES string of the molecule is O=C(CN1C(=O)S/C(=C/c2ccc(Br)cc2)C1=O)N1CCCCC1. The molecule has 0 saturated carbocycles. The number of imide groups is 1. The van der Waals surface area contributed by atoms with Gasteiger partial charge in [-0.1, -0.05) is 28.1 Å². The summed E-state index contributed by atoms with van der Waals surface area (Å²) in [6.07, 6.45) is 4.78. The highest BCUT2D eigenvalue weighted by atomic mass is 79.9. The molecule has 0 aromatic heterocycles. The van der Waals surface area contributed by atoms with Crippen molar-refractivity contribution in [2.75, 3.05) is 19.6 Å². The number of piperidine rings is 1. The summed E-state index contributed by atoms with van der Waals surface area (Å²) < 4.78 is 0.944. The van der Waals surface area contributed by atoms with Gasteiger partial charge in [0.25, 0.3) is 11.1 Å². The molecule has 3 amide bonds. The first-order chi connectivity index (χ1) is 11.5. The Morgan fingerprint density at radius 1 is 1.12 bits per heavy atom. The van der Waals surface area contributed by atoms with Crippen LogP contribution in [0.4, 0.5) is 4.79 Å². The van der Waals surface area contributed by atoms with Gasteiger partial charge in [-0.15, -0.1) is 0 Å². The van der Waals surface area contributed by atoms with Crippen LogP contribution in [-0.2, 0) is 9.59 Å². The molecule has 2 saturated heterocycles. The third-order valence-electron chi connectivity index (χ3n) is 4.04.